The number of amides is 1. The molecule has 3 unspecified atom stereocenters. The summed E-state index contributed by atoms with van der Waals surface area (Å²) in [5.74, 6) is -0.167. The lowest BCUT2D eigenvalue weighted by Gasteiger charge is -2.26. The lowest BCUT2D eigenvalue weighted by Crippen LogP contribution is -2.50. The van der Waals surface area contributed by atoms with Crippen LogP contribution in [0.25, 0.3) is 0 Å². The van der Waals surface area contributed by atoms with Gasteiger partial charge in [-0.25, -0.2) is 0 Å². The van der Waals surface area contributed by atoms with E-state index in [2.05, 4.69) is 55.6 Å². The number of allylic oxidation sites excluding steroid dienone is 6. The maximum Gasteiger partial charge on any atom is 0.220 e. The molecule has 0 saturated heterocycles. The number of unbranched alkanes of at least 4 members (excludes halogenated alkanes) is 16. The predicted octanol–water partition coefficient (Wildman–Crippen LogP) is 8.87. The highest BCUT2D eigenvalue weighted by atomic mass is 16.3. The van der Waals surface area contributed by atoms with Crippen LogP contribution in [0.5, 0.6) is 0 Å². The fraction of sp³-hybridized carbons (Fsp3) is 0.806. The van der Waals surface area contributed by atoms with Gasteiger partial charge in [0, 0.05) is 6.42 Å². The zero-order valence-electron chi connectivity index (χ0n) is 26.9. The number of hydrogen-bond acceptors (Lipinski definition) is 4. The SMILES string of the molecule is CCCCC/C=C/CC/C=C/CCCC(O)C(O)C(CO)NC(=O)CCCCCCCCC/C=C\CCCCCC. The van der Waals surface area contributed by atoms with Gasteiger partial charge in [0.05, 0.1) is 18.8 Å². The normalized spacial score (nSPS) is 14.4. The van der Waals surface area contributed by atoms with Gasteiger partial charge in [0.15, 0.2) is 0 Å². The largest absolute Gasteiger partial charge is 0.394 e. The Morgan fingerprint density at radius 3 is 1.54 bits per heavy atom. The molecule has 4 N–H and O–H groups in total. The molecule has 0 rings (SSSR count). The molecule has 0 spiro atoms. The van der Waals surface area contributed by atoms with Crippen molar-refractivity contribution in [3.05, 3.63) is 36.5 Å². The van der Waals surface area contributed by atoms with Gasteiger partial charge in [0.25, 0.3) is 0 Å². The van der Waals surface area contributed by atoms with E-state index in [0.717, 1.165) is 44.9 Å². The van der Waals surface area contributed by atoms with Crippen molar-refractivity contribution in [2.75, 3.05) is 6.61 Å². The molecule has 0 aliphatic heterocycles. The van der Waals surface area contributed by atoms with E-state index in [-0.39, 0.29) is 12.5 Å². The Balaban J connectivity index is 3.80. The van der Waals surface area contributed by atoms with Gasteiger partial charge >= 0.3 is 0 Å². The quantitative estimate of drug-likeness (QED) is 0.0507. The summed E-state index contributed by atoms with van der Waals surface area (Å²) in [6.45, 7) is 4.08. The lowest BCUT2D eigenvalue weighted by molar-refractivity contribution is -0.124. The van der Waals surface area contributed by atoms with Crippen molar-refractivity contribution in [1.82, 2.24) is 5.32 Å². The average Bonchev–Trinajstić information content (AvgIpc) is 2.97. The van der Waals surface area contributed by atoms with Crippen LogP contribution in [0.2, 0.25) is 0 Å². The molecule has 5 heteroatoms. The van der Waals surface area contributed by atoms with Crippen LogP contribution in [-0.4, -0.2) is 46.1 Å². The maximum atomic E-state index is 12.3. The van der Waals surface area contributed by atoms with Crippen LogP contribution in [0.15, 0.2) is 36.5 Å². The Labute approximate surface area is 254 Å². The van der Waals surface area contributed by atoms with E-state index in [1.165, 1.54) is 89.9 Å². The van der Waals surface area contributed by atoms with Gasteiger partial charge < -0.3 is 20.6 Å². The third-order valence-corrected chi connectivity index (χ3v) is 7.69. The third-order valence-electron chi connectivity index (χ3n) is 7.69. The smallest absolute Gasteiger partial charge is 0.220 e. The van der Waals surface area contributed by atoms with E-state index in [4.69, 9.17) is 0 Å². The number of aliphatic hydroxyl groups excluding tert-OH is 3. The number of carbonyl (C=O) groups excluding carboxylic acids is 1. The van der Waals surface area contributed by atoms with Crippen molar-refractivity contribution in [2.24, 2.45) is 0 Å². The Morgan fingerprint density at radius 1 is 0.585 bits per heavy atom. The molecule has 0 aliphatic rings. The summed E-state index contributed by atoms with van der Waals surface area (Å²) in [6.07, 6.45) is 36.6. The van der Waals surface area contributed by atoms with Gasteiger partial charge in [-0.05, 0) is 77.0 Å². The molecular weight excluding hydrogens is 510 g/mol. The summed E-state index contributed by atoms with van der Waals surface area (Å²) in [4.78, 5) is 12.3. The number of rotatable bonds is 30. The molecule has 0 aromatic rings. The van der Waals surface area contributed by atoms with E-state index in [1.807, 2.05) is 0 Å². The van der Waals surface area contributed by atoms with Crippen LogP contribution in [0.3, 0.4) is 0 Å². The van der Waals surface area contributed by atoms with Crippen LogP contribution in [0, 0.1) is 0 Å². The van der Waals surface area contributed by atoms with E-state index in [9.17, 15) is 20.1 Å². The second-order valence-corrected chi connectivity index (χ2v) is 11.7. The number of aliphatic hydroxyl groups is 3. The third kappa shape index (κ3) is 27.2. The Hall–Kier alpha value is -1.43. The minimum Gasteiger partial charge on any atom is -0.394 e. The molecule has 0 saturated carbocycles. The van der Waals surface area contributed by atoms with Gasteiger partial charge in [0.2, 0.25) is 5.91 Å². The summed E-state index contributed by atoms with van der Waals surface area (Å²) in [5, 5.41) is 33.2. The zero-order chi connectivity index (χ0) is 30.2. The van der Waals surface area contributed by atoms with Gasteiger partial charge in [-0.1, -0.05) is 115 Å². The predicted molar refractivity (Wildman–Crippen MR) is 176 cm³/mol. The first-order chi connectivity index (χ1) is 20.1. The molecule has 0 aromatic heterocycles. The fourth-order valence-electron chi connectivity index (χ4n) is 4.93. The van der Waals surface area contributed by atoms with Crippen LogP contribution in [0.1, 0.15) is 162 Å². The molecular formula is C36H67NO4. The van der Waals surface area contributed by atoms with Crippen molar-refractivity contribution in [3.8, 4) is 0 Å². The second-order valence-electron chi connectivity index (χ2n) is 11.7. The van der Waals surface area contributed by atoms with Crippen LogP contribution in [-0.2, 0) is 4.79 Å². The highest BCUT2D eigenvalue weighted by molar-refractivity contribution is 5.76. The number of nitrogens with one attached hydrogen (secondary N) is 1. The van der Waals surface area contributed by atoms with Crippen molar-refractivity contribution < 1.29 is 20.1 Å². The molecule has 41 heavy (non-hydrogen) atoms. The van der Waals surface area contributed by atoms with E-state index in [1.54, 1.807) is 0 Å². The highest BCUT2D eigenvalue weighted by Crippen LogP contribution is 2.13. The maximum absolute atomic E-state index is 12.3. The topological polar surface area (TPSA) is 89.8 Å². The minimum atomic E-state index is -1.17. The van der Waals surface area contributed by atoms with E-state index < -0.39 is 18.2 Å². The van der Waals surface area contributed by atoms with Crippen LogP contribution >= 0.6 is 0 Å². The Morgan fingerprint density at radius 2 is 1.00 bits per heavy atom. The van der Waals surface area contributed by atoms with Gasteiger partial charge in [-0.3, -0.25) is 4.79 Å². The average molecular weight is 578 g/mol. The van der Waals surface area contributed by atoms with Gasteiger partial charge in [-0.15, -0.1) is 0 Å². The Kier molecular flexibility index (Phi) is 30.4. The minimum absolute atomic E-state index is 0.167. The molecule has 1 amide bonds. The van der Waals surface area contributed by atoms with Crippen LogP contribution in [0.4, 0.5) is 0 Å². The first-order valence-corrected chi connectivity index (χ1v) is 17.3. The first kappa shape index (κ1) is 39.6. The fourth-order valence-corrected chi connectivity index (χ4v) is 4.93. The van der Waals surface area contributed by atoms with Crippen molar-refractivity contribution >= 4 is 5.91 Å². The van der Waals surface area contributed by atoms with E-state index >= 15 is 0 Å². The summed E-state index contributed by atoms with van der Waals surface area (Å²) >= 11 is 0. The molecule has 3 atom stereocenters. The van der Waals surface area contributed by atoms with Crippen LogP contribution < -0.4 is 5.32 Å². The van der Waals surface area contributed by atoms with Gasteiger partial charge in [0.1, 0.15) is 6.10 Å². The molecule has 0 heterocycles. The molecule has 0 radical (unpaired) electrons. The molecule has 0 aliphatic carbocycles. The summed E-state index contributed by atoms with van der Waals surface area (Å²) < 4.78 is 0. The summed E-state index contributed by atoms with van der Waals surface area (Å²) in [6, 6.07) is -0.831. The molecule has 0 fully saturated rings. The molecule has 0 aromatic carbocycles. The van der Waals surface area contributed by atoms with Gasteiger partial charge in [-0.2, -0.15) is 0 Å². The zero-order valence-corrected chi connectivity index (χ0v) is 26.9. The molecule has 240 valence electrons. The van der Waals surface area contributed by atoms with Crippen molar-refractivity contribution in [1.29, 1.82) is 0 Å². The highest BCUT2D eigenvalue weighted by Gasteiger charge is 2.26. The number of hydrogen-bond donors (Lipinski definition) is 4. The second kappa shape index (κ2) is 31.5. The molecule has 5 nitrogen and oxygen atoms in total. The summed E-state index contributed by atoms with van der Waals surface area (Å²) in [5.41, 5.74) is 0. The first-order valence-electron chi connectivity index (χ1n) is 17.3. The summed E-state index contributed by atoms with van der Waals surface area (Å²) in [7, 11) is 0. The standard InChI is InChI=1S/C36H67NO4/c1-3-5-7-9-11-13-15-17-18-19-21-23-25-27-29-31-35(40)37-33(32-38)36(41)34(39)30-28-26-24-22-20-16-14-12-10-8-6-4-2/h12-15,22,24,33-34,36,38-39,41H,3-11,16-21,23,25-32H2,1-2H3,(H,37,40)/b14-12+,15-13-,24-22+. The lowest BCUT2D eigenvalue weighted by atomic mass is 10.0. The monoisotopic (exact) mass is 578 g/mol. The van der Waals surface area contributed by atoms with E-state index in [0.29, 0.717) is 12.8 Å². The Bertz CT molecular complexity index is 645. The number of carbonyl (C=O) groups is 1. The molecule has 0 bridgehead atoms. The van der Waals surface area contributed by atoms with Crippen molar-refractivity contribution in [3.63, 3.8) is 0 Å². The van der Waals surface area contributed by atoms with Crippen molar-refractivity contribution in [2.45, 2.75) is 180 Å².